The number of rotatable bonds is 6. The number of imidazole rings is 1. The maximum atomic E-state index is 13.1. The second kappa shape index (κ2) is 6.70. The molecule has 25 heavy (non-hydrogen) atoms. The summed E-state index contributed by atoms with van der Waals surface area (Å²) in [6, 6.07) is 7.08. The molecule has 6 nitrogen and oxygen atoms in total. The molecule has 0 fully saturated rings. The summed E-state index contributed by atoms with van der Waals surface area (Å²) in [6.45, 7) is 5.08. The van der Waals surface area contributed by atoms with Crippen LogP contribution in [0.3, 0.4) is 0 Å². The topological polar surface area (TPSA) is 75.4 Å². The zero-order valence-electron chi connectivity index (χ0n) is 14.6. The van der Waals surface area contributed by atoms with E-state index in [1.807, 2.05) is 24.6 Å². The van der Waals surface area contributed by atoms with Gasteiger partial charge < -0.3 is 14.6 Å². The highest BCUT2D eigenvalue weighted by Crippen LogP contribution is 2.43. The number of aryl methyl sites for hydroxylation is 1. The normalized spacial score (nSPS) is 22.7. The molecule has 0 bridgehead atoms. The standard InChI is InChI=1S/C19H23N3O3/c1-3-19(2)16(18(24)25)14-7-4-5-8-15(14)17(23)22(19)11-6-10-21-12-9-20-13-21/h4-5,7-9,12-13,16H,3,6,10-11H2,1-2H3,(H,24,25). The molecule has 1 aromatic heterocycles. The van der Waals surface area contributed by atoms with Crippen molar-refractivity contribution in [3.8, 4) is 0 Å². The third-order valence-corrected chi connectivity index (χ3v) is 5.31. The van der Waals surface area contributed by atoms with Crippen LogP contribution in [0.2, 0.25) is 0 Å². The number of carbonyl (C=O) groups is 2. The van der Waals surface area contributed by atoms with E-state index in [1.165, 1.54) is 0 Å². The van der Waals surface area contributed by atoms with E-state index in [9.17, 15) is 14.7 Å². The zero-order chi connectivity index (χ0) is 18.0. The van der Waals surface area contributed by atoms with Crippen molar-refractivity contribution in [1.82, 2.24) is 14.5 Å². The number of nitrogens with zero attached hydrogens (tertiary/aromatic N) is 3. The lowest BCUT2D eigenvalue weighted by Crippen LogP contribution is -2.58. The Labute approximate surface area is 147 Å². The smallest absolute Gasteiger partial charge is 0.313 e. The summed E-state index contributed by atoms with van der Waals surface area (Å²) in [5, 5.41) is 9.88. The fourth-order valence-electron chi connectivity index (χ4n) is 3.79. The number of carbonyl (C=O) groups excluding carboxylic acids is 1. The molecule has 0 radical (unpaired) electrons. The Morgan fingerprint density at radius 2 is 2.08 bits per heavy atom. The van der Waals surface area contributed by atoms with E-state index in [-0.39, 0.29) is 5.91 Å². The van der Waals surface area contributed by atoms with Crippen molar-refractivity contribution in [2.75, 3.05) is 6.54 Å². The molecule has 132 valence electrons. The van der Waals surface area contributed by atoms with Gasteiger partial charge in [-0.1, -0.05) is 25.1 Å². The number of hydrogen-bond acceptors (Lipinski definition) is 3. The van der Waals surface area contributed by atoms with Crippen molar-refractivity contribution in [2.24, 2.45) is 0 Å². The van der Waals surface area contributed by atoms with E-state index in [0.29, 0.717) is 24.1 Å². The second-order valence-electron chi connectivity index (χ2n) is 6.68. The lowest BCUT2D eigenvalue weighted by molar-refractivity contribution is -0.142. The zero-order valence-corrected chi connectivity index (χ0v) is 14.6. The van der Waals surface area contributed by atoms with Gasteiger partial charge >= 0.3 is 5.97 Å². The van der Waals surface area contributed by atoms with Crippen LogP contribution in [0.5, 0.6) is 0 Å². The first-order valence-corrected chi connectivity index (χ1v) is 8.58. The van der Waals surface area contributed by atoms with Crippen molar-refractivity contribution in [3.63, 3.8) is 0 Å². The van der Waals surface area contributed by atoms with Gasteiger partial charge in [0.2, 0.25) is 0 Å². The van der Waals surface area contributed by atoms with Gasteiger partial charge in [0.1, 0.15) is 5.92 Å². The molecule has 1 N–H and O–H groups in total. The van der Waals surface area contributed by atoms with Gasteiger partial charge in [-0.05, 0) is 31.4 Å². The average molecular weight is 341 g/mol. The maximum Gasteiger partial charge on any atom is 0.313 e. The van der Waals surface area contributed by atoms with E-state index >= 15 is 0 Å². The number of carboxylic acids is 1. The van der Waals surface area contributed by atoms with Crippen LogP contribution in [0.15, 0.2) is 43.0 Å². The first kappa shape index (κ1) is 17.2. The van der Waals surface area contributed by atoms with Gasteiger partial charge in [-0.2, -0.15) is 0 Å². The maximum absolute atomic E-state index is 13.1. The monoisotopic (exact) mass is 341 g/mol. The highest BCUT2D eigenvalue weighted by molar-refractivity contribution is 6.00. The number of aliphatic carboxylic acids is 1. The van der Waals surface area contributed by atoms with E-state index in [4.69, 9.17) is 0 Å². The number of benzene rings is 1. The summed E-state index contributed by atoms with van der Waals surface area (Å²) in [6.07, 6.45) is 6.67. The van der Waals surface area contributed by atoms with Crippen LogP contribution in [-0.2, 0) is 11.3 Å². The van der Waals surface area contributed by atoms with Crippen LogP contribution in [0, 0.1) is 0 Å². The molecule has 1 amide bonds. The average Bonchev–Trinajstić information content (AvgIpc) is 3.11. The molecule has 6 heteroatoms. The van der Waals surface area contributed by atoms with Crippen LogP contribution in [0.1, 0.15) is 48.5 Å². The molecule has 0 saturated carbocycles. The molecule has 0 spiro atoms. The van der Waals surface area contributed by atoms with Gasteiger partial charge in [-0.15, -0.1) is 0 Å². The highest BCUT2D eigenvalue weighted by Gasteiger charge is 2.50. The number of amides is 1. The predicted octanol–water partition coefficient (Wildman–Crippen LogP) is 2.77. The quantitative estimate of drug-likeness (QED) is 0.876. The summed E-state index contributed by atoms with van der Waals surface area (Å²) in [5.74, 6) is -1.69. The minimum atomic E-state index is -0.885. The van der Waals surface area contributed by atoms with E-state index in [2.05, 4.69) is 4.98 Å². The van der Waals surface area contributed by atoms with Gasteiger partial charge in [0, 0.05) is 31.0 Å². The number of hydrogen-bond donors (Lipinski definition) is 1. The SMILES string of the molecule is CCC1(C)C(C(=O)O)c2ccccc2C(=O)N1CCCn1ccnc1. The summed E-state index contributed by atoms with van der Waals surface area (Å²) in [5.41, 5.74) is 0.380. The molecule has 2 unspecified atom stereocenters. The van der Waals surface area contributed by atoms with E-state index < -0.39 is 17.4 Å². The van der Waals surface area contributed by atoms with Gasteiger partial charge in [0.05, 0.1) is 11.9 Å². The van der Waals surface area contributed by atoms with Gasteiger partial charge in [0.15, 0.2) is 0 Å². The number of aromatic nitrogens is 2. The minimum absolute atomic E-state index is 0.0805. The summed E-state index contributed by atoms with van der Waals surface area (Å²) < 4.78 is 1.96. The first-order chi connectivity index (χ1) is 12.0. The first-order valence-electron chi connectivity index (χ1n) is 8.58. The van der Waals surface area contributed by atoms with Gasteiger partial charge in [-0.25, -0.2) is 4.98 Å². The van der Waals surface area contributed by atoms with E-state index in [0.717, 1.165) is 13.0 Å². The van der Waals surface area contributed by atoms with Crippen LogP contribution in [0.4, 0.5) is 0 Å². The Kier molecular flexibility index (Phi) is 4.61. The Hall–Kier alpha value is -2.63. The molecular weight excluding hydrogens is 318 g/mol. The molecule has 2 heterocycles. The van der Waals surface area contributed by atoms with Crippen LogP contribution < -0.4 is 0 Å². The molecule has 1 aromatic carbocycles. The third kappa shape index (κ3) is 2.92. The van der Waals surface area contributed by atoms with Gasteiger partial charge in [0.25, 0.3) is 5.91 Å². The highest BCUT2D eigenvalue weighted by atomic mass is 16.4. The second-order valence-corrected chi connectivity index (χ2v) is 6.68. The molecule has 0 saturated heterocycles. The van der Waals surface area contributed by atoms with Crippen molar-refractivity contribution in [1.29, 1.82) is 0 Å². The van der Waals surface area contributed by atoms with Crippen molar-refractivity contribution in [3.05, 3.63) is 54.1 Å². The van der Waals surface area contributed by atoms with Crippen LogP contribution in [0.25, 0.3) is 0 Å². The van der Waals surface area contributed by atoms with Crippen molar-refractivity contribution in [2.45, 2.75) is 44.7 Å². The largest absolute Gasteiger partial charge is 0.481 e. The molecule has 0 aliphatic carbocycles. The Balaban J connectivity index is 1.92. The lowest BCUT2D eigenvalue weighted by atomic mass is 9.72. The summed E-state index contributed by atoms with van der Waals surface area (Å²) >= 11 is 0. The lowest BCUT2D eigenvalue weighted by Gasteiger charge is -2.48. The minimum Gasteiger partial charge on any atom is -0.481 e. The van der Waals surface area contributed by atoms with E-state index in [1.54, 1.807) is 41.7 Å². The molecule has 2 atom stereocenters. The fourth-order valence-corrected chi connectivity index (χ4v) is 3.79. The molecular formula is C19H23N3O3. The van der Waals surface area contributed by atoms with Crippen LogP contribution >= 0.6 is 0 Å². The molecule has 1 aliphatic rings. The number of fused-ring (bicyclic) bond motifs is 1. The van der Waals surface area contributed by atoms with Crippen LogP contribution in [-0.4, -0.2) is 43.5 Å². The molecule has 2 aromatic rings. The third-order valence-electron chi connectivity index (χ3n) is 5.31. The van der Waals surface area contributed by atoms with Gasteiger partial charge in [-0.3, -0.25) is 9.59 Å². The number of carboxylic acid groups (broad SMARTS) is 1. The van der Waals surface area contributed by atoms with Crippen molar-refractivity contribution < 1.29 is 14.7 Å². The molecule has 3 rings (SSSR count). The summed E-state index contributed by atoms with van der Waals surface area (Å²) in [7, 11) is 0. The Morgan fingerprint density at radius 1 is 1.32 bits per heavy atom. The fraction of sp³-hybridized carbons (Fsp3) is 0.421. The predicted molar refractivity (Wildman–Crippen MR) is 93.4 cm³/mol. The molecule has 1 aliphatic heterocycles. The Morgan fingerprint density at radius 3 is 2.72 bits per heavy atom. The summed E-state index contributed by atoms with van der Waals surface area (Å²) in [4.78, 5) is 30.9. The van der Waals surface area contributed by atoms with Crippen molar-refractivity contribution >= 4 is 11.9 Å². The Bertz CT molecular complexity index is 772.